The molecule has 0 amide bonds. The van der Waals surface area contributed by atoms with Gasteiger partial charge in [-0.2, -0.15) is 0 Å². The van der Waals surface area contributed by atoms with E-state index in [1.54, 1.807) is 0 Å². The molecule has 26 heavy (non-hydrogen) atoms. The van der Waals surface area contributed by atoms with Crippen molar-refractivity contribution in [1.29, 1.82) is 0 Å². The molecule has 6 heteroatoms. The molecule has 3 rings (SSSR count). The van der Waals surface area contributed by atoms with Crippen LogP contribution in [0.3, 0.4) is 0 Å². The third-order valence-electron chi connectivity index (χ3n) is 5.56. The Morgan fingerprint density at radius 3 is 2.73 bits per heavy atom. The Hall–Kier alpha value is -1.92. The second-order valence-electron chi connectivity index (χ2n) is 7.34. The number of nitrogens with zero attached hydrogens (tertiary/aromatic N) is 1. The van der Waals surface area contributed by atoms with Crippen molar-refractivity contribution in [2.75, 3.05) is 26.8 Å². The summed E-state index contributed by atoms with van der Waals surface area (Å²) in [5, 5.41) is 10.9. The summed E-state index contributed by atoms with van der Waals surface area (Å²) >= 11 is 0. The Labute approximate surface area is 154 Å². The number of hydrogen-bond donors (Lipinski definition) is 1. The lowest BCUT2D eigenvalue weighted by Gasteiger charge is -2.27. The maximum Gasteiger partial charge on any atom is 0.339 e. The minimum absolute atomic E-state index is 0.0159. The average Bonchev–Trinajstić information content (AvgIpc) is 3.24. The van der Waals surface area contributed by atoms with Crippen LogP contribution in [0.5, 0.6) is 0 Å². The van der Waals surface area contributed by atoms with Crippen LogP contribution < -0.4 is 0 Å². The number of rotatable bonds is 7. The molecule has 2 aliphatic heterocycles. The van der Waals surface area contributed by atoms with Gasteiger partial charge in [-0.15, -0.1) is 0 Å². The van der Waals surface area contributed by atoms with Gasteiger partial charge in [0.2, 0.25) is 0 Å². The van der Waals surface area contributed by atoms with Crippen molar-refractivity contribution in [1.82, 2.24) is 4.90 Å². The Morgan fingerprint density at radius 2 is 2.00 bits per heavy atom. The summed E-state index contributed by atoms with van der Waals surface area (Å²) in [5.41, 5.74) is -1.15. The number of fused-ring (bicyclic) bond motifs is 1. The highest BCUT2D eigenvalue weighted by molar-refractivity contribution is 5.86. The van der Waals surface area contributed by atoms with Gasteiger partial charge in [0.05, 0.1) is 20.1 Å². The topological polar surface area (TPSA) is 76.1 Å². The Balaban J connectivity index is 1.65. The molecule has 1 aromatic carbocycles. The molecular formula is C20H27NO5. The zero-order chi connectivity index (χ0) is 18.6. The van der Waals surface area contributed by atoms with Gasteiger partial charge in [0.1, 0.15) is 0 Å². The molecule has 2 saturated heterocycles. The molecule has 1 aromatic rings. The van der Waals surface area contributed by atoms with Gasteiger partial charge in [-0.05, 0) is 37.9 Å². The van der Waals surface area contributed by atoms with Crippen LogP contribution in [0, 0.1) is 5.92 Å². The third kappa shape index (κ3) is 4.24. The van der Waals surface area contributed by atoms with Crippen molar-refractivity contribution in [3.63, 3.8) is 0 Å². The summed E-state index contributed by atoms with van der Waals surface area (Å²) in [4.78, 5) is 26.9. The molecule has 3 atom stereocenters. The zero-order valence-corrected chi connectivity index (χ0v) is 15.2. The summed E-state index contributed by atoms with van der Waals surface area (Å²) in [5.74, 6) is -1.08. The van der Waals surface area contributed by atoms with Gasteiger partial charge in [0.25, 0.3) is 0 Å². The van der Waals surface area contributed by atoms with Crippen LogP contribution in [0.1, 0.15) is 31.2 Å². The zero-order valence-electron chi connectivity index (χ0n) is 15.2. The van der Waals surface area contributed by atoms with Crippen LogP contribution in [0.25, 0.3) is 0 Å². The van der Waals surface area contributed by atoms with Gasteiger partial charge in [-0.25, -0.2) is 4.79 Å². The molecule has 142 valence electrons. The van der Waals surface area contributed by atoms with Crippen molar-refractivity contribution < 1.29 is 24.2 Å². The third-order valence-corrected chi connectivity index (χ3v) is 5.56. The molecule has 2 fully saturated rings. The Morgan fingerprint density at radius 1 is 1.23 bits per heavy atom. The lowest BCUT2D eigenvalue weighted by atomic mass is 9.91. The van der Waals surface area contributed by atoms with Crippen molar-refractivity contribution in [3.05, 3.63) is 35.9 Å². The molecule has 0 bridgehead atoms. The van der Waals surface area contributed by atoms with Gasteiger partial charge in [-0.3, -0.25) is 9.69 Å². The fourth-order valence-electron chi connectivity index (χ4n) is 4.15. The van der Waals surface area contributed by atoms with Crippen LogP contribution in [-0.4, -0.2) is 60.4 Å². The number of carbonyl (C=O) groups excluding carboxylic acids is 2. The molecule has 2 heterocycles. The summed E-state index contributed by atoms with van der Waals surface area (Å²) in [6, 6.07) is 9.60. The number of hydrogen-bond acceptors (Lipinski definition) is 6. The molecule has 0 spiro atoms. The van der Waals surface area contributed by atoms with Gasteiger partial charge in [0.15, 0.2) is 5.60 Å². The smallest absolute Gasteiger partial charge is 0.339 e. The van der Waals surface area contributed by atoms with E-state index in [-0.39, 0.29) is 13.0 Å². The Bertz CT molecular complexity index is 634. The van der Waals surface area contributed by atoms with E-state index in [1.165, 1.54) is 13.5 Å². The van der Waals surface area contributed by atoms with E-state index < -0.39 is 24.0 Å². The lowest BCUT2D eigenvalue weighted by molar-refractivity contribution is -0.173. The van der Waals surface area contributed by atoms with Crippen LogP contribution in [-0.2, 0) is 25.5 Å². The molecular weight excluding hydrogens is 334 g/mol. The summed E-state index contributed by atoms with van der Waals surface area (Å²) < 4.78 is 10.1. The van der Waals surface area contributed by atoms with Crippen molar-refractivity contribution in [2.24, 2.45) is 5.92 Å². The van der Waals surface area contributed by atoms with E-state index in [9.17, 15) is 14.7 Å². The predicted molar refractivity (Wildman–Crippen MR) is 95.4 cm³/mol. The molecule has 0 unspecified atom stereocenters. The predicted octanol–water partition coefficient (Wildman–Crippen LogP) is 1.55. The van der Waals surface area contributed by atoms with Crippen molar-refractivity contribution >= 4 is 11.9 Å². The highest BCUT2D eigenvalue weighted by Crippen LogP contribution is 2.33. The van der Waals surface area contributed by atoms with E-state index in [0.29, 0.717) is 12.0 Å². The fraction of sp³-hybridized carbons (Fsp3) is 0.600. The van der Waals surface area contributed by atoms with Gasteiger partial charge >= 0.3 is 11.9 Å². The largest absolute Gasteiger partial charge is 0.469 e. The summed E-state index contributed by atoms with van der Waals surface area (Å²) in [7, 11) is 1.24. The number of ether oxygens (including phenoxy) is 2. The summed E-state index contributed by atoms with van der Waals surface area (Å²) in [6.45, 7) is 2.46. The second-order valence-corrected chi connectivity index (χ2v) is 7.34. The molecule has 0 aromatic heterocycles. The highest BCUT2D eigenvalue weighted by Gasteiger charge is 2.43. The highest BCUT2D eigenvalue weighted by atomic mass is 16.6. The number of esters is 2. The fourth-order valence-corrected chi connectivity index (χ4v) is 4.15. The van der Waals surface area contributed by atoms with E-state index in [4.69, 9.17) is 4.74 Å². The molecule has 0 saturated carbocycles. The van der Waals surface area contributed by atoms with Gasteiger partial charge in [0, 0.05) is 18.4 Å². The van der Waals surface area contributed by atoms with E-state index >= 15 is 0 Å². The first-order valence-corrected chi connectivity index (χ1v) is 9.26. The molecule has 0 radical (unpaired) electrons. The molecule has 1 N–H and O–H groups in total. The maximum atomic E-state index is 12.7. The maximum absolute atomic E-state index is 12.7. The SMILES string of the molecule is COC(=O)C[C@](O)(Cc1ccccc1)C(=O)OC[C@H]1CCN2CCC[C@H]12. The van der Waals surface area contributed by atoms with E-state index in [0.717, 1.165) is 31.5 Å². The number of aliphatic hydroxyl groups is 1. The number of carbonyl (C=O) groups is 2. The minimum atomic E-state index is -1.91. The monoisotopic (exact) mass is 361 g/mol. The minimum Gasteiger partial charge on any atom is -0.469 e. The van der Waals surface area contributed by atoms with E-state index in [2.05, 4.69) is 9.64 Å². The Kier molecular flexibility index (Phi) is 5.94. The first-order valence-electron chi connectivity index (χ1n) is 9.26. The van der Waals surface area contributed by atoms with Crippen molar-refractivity contribution in [2.45, 2.75) is 43.7 Å². The standard InChI is InChI=1S/C20H27NO5/c1-25-18(22)13-20(24,12-15-6-3-2-4-7-15)19(23)26-14-16-9-11-21-10-5-8-17(16)21/h2-4,6-7,16-17,24H,5,8-14H2,1H3/t16-,17-,20-/m1/s1. The number of benzene rings is 1. The number of methoxy groups -OCH3 is 1. The normalized spacial score (nSPS) is 24.7. The van der Waals surface area contributed by atoms with Crippen LogP contribution in [0.2, 0.25) is 0 Å². The molecule has 6 nitrogen and oxygen atoms in total. The van der Waals surface area contributed by atoms with Crippen LogP contribution >= 0.6 is 0 Å². The van der Waals surface area contributed by atoms with Crippen molar-refractivity contribution in [3.8, 4) is 0 Å². The van der Waals surface area contributed by atoms with Gasteiger partial charge in [-0.1, -0.05) is 30.3 Å². The lowest BCUT2D eigenvalue weighted by Crippen LogP contribution is -2.45. The summed E-state index contributed by atoms with van der Waals surface area (Å²) in [6.07, 6.45) is 2.93. The molecule has 0 aliphatic carbocycles. The second kappa shape index (κ2) is 8.18. The van der Waals surface area contributed by atoms with Crippen LogP contribution in [0.15, 0.2) is 30.3 Å². The first-order chi connectivity index (χ1) is 12.5. The first kappa shape index (κ1) is 18.9. The molecule has 2 aliphatic rings. The van der Waals surface area contributed by atoms with Gasteiger partial charge < -0.3 is 14.6 Å². The average molecular weight is 361 g/mol. The van der Waals surface area contributed by atoms with Crippen LogP contribution in [0.4, 0.5) is 0 Å². The quantitative estimate of drug-likeness (QED) is 0.743. The van der Waals surface area contributed by atoms with E-state index in [1.807, 2.05) is 30.3 Å².